The van der Waals surface area contributed by atoms with Crippen molar-refractivity contribution in [2.24, 2.45) is 0 Å². The molecule has 6 nitrogen and oxygen atoms in total. The van der Waals surface area contributed by atoms with Gasteiger partial charge in [-0.3, -0.25) is 9.59 Å². The molecule has 136 valence electrons. The first-order chi connectivity index (χ1) is 12.6. The zero-order chi connectivity index (χ0) is 18.5. The van der Waals surface area contributed by atoms with E-state index in [-0.39, 0.29) is 25.0 Å². The van der Waals surface area contributed by atoms with Crippen LogP contribution in [0.2, 0.25) is 0 Å². The number of benzene rings is 2. The van der Waals surface area contributed by atoms with Crippen molar-refractivity contribution in [2.75, 3.05) is 29.7 Å². The van der Waals surface area contributed by atoms with Crippen molar-refractivity contribution in [3.05, 3.63) is 48.5 Å². The number of carbonyl (C=O) groups excluding carboxylic acids is 2. The quantitative estimate of drug-likeness (QED) is 0.799. The molecule has 1 aliphatic rings. The van der Waals surface area contributed by atoms with Crippen LogP contribution in [-0.2, 0) is 9.59 Å². The molecule has 1 heterocycles. The summed E-state index contributed by atoms with van der Waals surface area (Å²) in [7, 11) is 0. The van der Waals surface area contributed by atoms with Gasteiger partial charge in [-0.2, -0.15) is 0 Å². The van der Waals surface area contributed by atoms with Crippen LogP contribution in [0, 0.1) is 0 Å². The van der Waals surface area contributed by atoms with E-state index >= 15 is 0 Å². The normalized spacial score (nSPS) is 11.9. The van der Waals surface area contributed by atoms with Crippen LogP contribution in [-0.4, -0.2) is 31.7 Å². The number of hydrogen-bond donors (Lipinski definition) is 0. The van der Waals surface area contributed by atoms with Gasteiger partial charge in [-0.05, 0) is 31.2 Å². The van der Waals surface area contributed by atoms with Gasteiger partial charge in [0, 0.05) is 43.9 Å². The molecule has 0 bridgehead atoms. The van der Waals surface area contributed by atoms with Crippen molar-refractivity contribution in [3.8, 4) is 11.5 Å². The fourth-order valence-electron chi connectivity index (χ4n) is 2.97. The zero-order valence-electron chi connectivity index (χ0n) is 15.0. The van der Waals surface area contributed by atoms with Crippen molar-refractivity contribution in [2.45, 2.75) is 20.3 Å². The van der Waals surface area contributed by atoms with Crippen molar-refractivity contribution in [1.29, 1.82) is 0 Å². The van der Waals surface area contributed by atoms with E-state index in [1.54, 1.807) is 28.0 Å². The van der Waals surface area contributed by atoms with Gasteiger partial charge in [0.2, 0.25) is 18.6 Å². The number of fused-ring (bicyclic) bond motifs is 1. The molecule has 0 atom stereocenters. The molecule has 0 saturated heterocycles. The number of hydrogen-bond acceptors (Lipinski definition) is 4. The number of amides is 2. The van der Waals surface area contributed by atoms with Gasteiger partial charge in [0.05, 0.1) is 0 Å². The number of nitrogens with zero attached hydrogens (tertiary/aromatic N) is 2. The average Bonchev–Trinajstić information content (AvgIpc) is 3.11. The van der Waals surface area contributed by atoms with E-state index in [1.165, 1.54) is 6.92 Å². The van der Waals surface area contributed by atoms with E-state index in [9.17, 15) is 9.59 Å². The second-order valence-electron chi connectivity index (χ2n) is 5.93. The second kappa shape index (κ2) is 7.91. The lowest BCUT2D eigenvalue weighted by molar-refractivity contribution is -0.118. The lowest BCUT2D eigenvalue weighted by atomic mass is 10.2. The van der Waals surface area contributed by atoms with E-state index in [0.29, 0.717) is 30.3 Å². The molecule has 0 saturated carbocycles. The number of ether oxygens (including phenoxy) is 2. The third kappa shape index (κ3) is 3.79. The average molecular weight is 354 g/mol. The lowest BCUT2D eigenvalue weighted by Crippen LogP contribution is -2.36. The fraction of sp³-hybridized carbons (Fsp3) is 0.300. The van der Waals surface area contributed by atoms with Gasteiger partial charge in [-0.1, -0.05) is 18.2 Å². The topological polar surface area (TPSA) is 59.1 Å². The van der Waals surface area contributed by atoms with Crippen LogP contribution >= 0.6 is 0 Å². The Balaban J connectivity index is 1.71. The van der Waals surface area contributed by atoms with Gasteiger partial charge in [0.15, 0.2) is 11.5 Å². The zero-order valence-corrected chi connectivity index (χ0v) is 15.0. The molecule has 26 heavy (non-hydrogen) atoms. The van der Waals surface area contributed by atoms with Crippen LogP contribution in [0.15, 0.2) is 48.5 Å². The van der Waals surface area contributed by atoms with E-state index < -0.39 is 0 Å². The maximum Gasteiger partial charge on any atom is 0.231 e. The molecule has 1 aliphatic heterocycles. The van der Waals surface area contributed by atoms with Gasteiger partial charge in [-0.15, -0.1) is 0 Å². The van der Waals surface area contributed by atoms with Crippen LogP contribution < -0.4 is 19.3 Å². The van der Waals surface area contributed by atoms with Crippen molar-refractivity contribution >= 4 is 23.2 Å². The van der Waals surface area contributed by atoms with Crippen molar-refractivity contribution in [3.63, 3.8) is 0 Å². The van der Waals surface area contributed by atoms with Gasteiger partial charge >= 0.3 is 0 Å². The van der Waals surface area contributed by atoms with E-state index in [0.717, 1.165) is 5.69 Å². The third-order valence-corrected chi connectivity index (χ3v) is 4.28. The number of carbonyl (C=O) groups is 2. The minimum atomic E-state index is -0.126. The molecule has 0 aromatic heterocycles. The highest BCUT2D eigenvalue weighted by Crippen LogP contribution is 2.35. The third-order valence-electron chi connectivity index (χ3n) is 4.28. The fourth-order valence-corrected chi connectivity index (χ4v) is 2.97. The van der Waals surface area contributed by atoms with Gasteiger partial charge in [-0.25, -0.2) is 0 Å². The molecule has 6 heteroatoms. The molecule has 2 aromatic carbocycles. The highest BCUT2D eigenvalue weighted by molar-refractivity contribution is 5.96. The van der Waals surface area contributed by atoms with Crippen LogP contribution in [0.5, 0.6) is 11.5 Å². The maximum absolute atomic E-state index is 12.7. The maximum atomic E-state index is 12.7. The first-order valence-corrected chi connectivity index (χ1v) is 8.63. The SMILES string of the molecule is CCN(C(=O)CCN(C(C)=O)c1ccc2c(c1)OCO2)c1ccccc1. The monoisotopic (exact) mass is 354 g/mol. The van der Waals surface area contributed by atoms with Crippen LogP contribution in [0.25, 0.3) is 0 Å². The minimum absolute atomic E-state index is 0.0225. The number of anilines is 2. The summed E-state index contributed by atoms with van der Waals surface area (Å²) < 4.78 is 10.7. The summed E-state index contributed by atoms with van der Waals surface area (Å²) >= 11 is 0. The summed E-state index contributed by atoms with van der Waals surface area (Å²) in [5.74, 6) is 1.12. The van der Waals surface area contributed by atoms with E-state index in [1.807, 2.05) is 37.3 Å². The van der Waals surface area contributed by atoms with Gasteiger partial charge in [0.1, 0.15) is 0 Å². The Bertz CT molecular complexity index is 792. The van der Waals surface area contributed by atoms with Gasteiger partial charge < -0.3 is 19.3 Å². The molecule has 2 amide bonds. The Labute approximate surface area is 152 Å². The summed E-state index contributed by atoms with van der Waals surface area (Å²) in [5.41, 5.74) is 1.55. The predicted octanol–water partition coefficient (Wildman–Crippen LogP) is 3.21. The molecule has 0 fully saturated rings. The van der Waals surface area contributed by atoms with Gasteiger partial charge in [0.25, 0.3) is 0 Å². The first-order valence-electron chi connectivity index (χ1n) is 8.63. The highest BCUT2D eigenvalue weighted by atomic mass is 16.7. The molecule has 3 rings (SSSR count). The Kier molecular flexibility index (Phi) is 5.41. The molecule has 0 aliphatic carbocycles. The Morgan fingerprint density at radius 1 is 0.962 bits per heavy atom. The Morgan fingerprint density at radius 2 is 1.69 bits per heavy atom. The summed E-state index contributed by atoms with van der Waals surface area (Å²) in [6.45, 7) is 4.49. The molecular formula is C20H22N2O4. The minimum Gasteiger partial charge on any atom is -0.454 e. The highest BCUT2D eigenvalue weighted by Gasteiger charge is 2.20. The Morgan fingerprint density at radius 3 is 2.38 bits per heavy atom. The summed E-state index contributed by atoms with van der Waals surface area (Å²) in [6, 6.07) is 14.9. The summed E-state index contributed by atoms with van der Waals surface area (Å²) in [6.07, 6.45) is 0.233. The van der Waals surface area contributed by atoms with E-state index in [2.05, 4.69) is 0 Å². The number of para-hydroxylation sites is 1. The number of rotatable bonds is 6. The predicted molar refractivity (Wildman–Crippen MR) is 99.7 cm³/mol. The van der Waals surface area contributed by atoms with Crippen LogP contribution in [0.4, 0.5) is 11.4 Å². The Hall–Kier alpha value is -3.02. The largest absolute Gasteiger partial charge is 0.454 e. The summed E-state index contributed by atoms with van der Waals surface area (Å²) in [4.78, 5) is 28.1. The molecule has 0 N–H and O–H groups in total. The lowest BCUT2D eigenvalue weighted by Gasteiger charge is -2.25. The molecule has 2 aromatic rings. The van der Waals surface area contributed by atoms with Crippen LogP contribution in [0.1, 0.15) is 20.3 Å². The van der Waals surface area contributed by atoms with Crippen LogP contribution in [0.3, 0.4) is 0 Å². The smallest absolute Gasteiger partial charge is 0.231 e. The molecule has 0 spiro atoms. The standard InChI is InChI=1S/C20H22N2O4/c1-3-21(16-7-5-4-6-8-16)20(24)11-12-22(15(2)23)17-9-10-18-19(13-17)26-14-25-18/h4-10,13H,3,11-12,14H2,1-2H3. The summed E-state index contributed by atoms with van der Waals surface area (Å²) in [5, 5.41) is 0. The van der Waals surface area contributed by atoms with Crippen molar-refractivity contribution in [1.82, 2.24) is 0 Å². The molecular weight excluding hydrogens is 332 g/mol. The molecule has 0 radical (unpaired) electrons. The van der Waals surface area contributed by atoms with E-state index in [4.69, 9.17) is 9.47 Å². The second-order valence-corrected chi connectivity index (χ2v) is 5.93. The first kappa shape index (κ1) is 17.8. The molecule has 0 unspecified atom stereocenters. The van der Waals surface area contributed by atoms with Crippen molar-refractivity contribution < 1.29 is 19.1 Å².